The van der Waals surface area contributed by atoms with Gasteiger partial charge >= 0.3 is 4.87 Å². The van der Waals surface area contributed by atoms with Gasteiger partial charge in [0.1, 0.15) is 0 Å². The number of benzene rings is 2. The van der Waals surface area contributed by atoms with Gasteiger partial charge in [0, 0.05) is 25.2 Å². The second-order valence-electron chi connectivity index (χ2n) is 8.65. The largest absolute Gasteiger partial charge is 0.494 e. The maximum Gasteiger partial charge on any atom is 0.307 e. The zero-order chi connectivity index (χ0) is 19.8. The normalized spacial score (nSPS) is 17.6. The van der Waals surface area contributed by atoms with Gasteiger partial charge in [0.25, 0.3) is 0 Å². The zero-order valence-corrected chi connectivity index (χ0v) is 17.3. The van der Waals surface area contributed by atoms with Crippen LogP contribution in [0.3, 0.4) is 0 Å². The van der Waals surface area contributed by atoms with Crippen LogP contribution in [-0.4, -0.2) is 16.6 Å². The standard InChI is InChI=1S/C24H26N2O2S/c27-22-21(29-23(28)25-22)13-18-8-9-20-19(12-18)14-24(10-4-5-11-24)16-26(20)15-17-6-2-1-3-7-17/h1-3,6-9,12,27H,4-5,10-11,13-16H2,(H,25,28). The molecule has 0 radical (unpaired) electrons. The van der Waals surface area contributed by atoms with Gasteiger partial charge in [0.15, 0.2) is 0 Å². The highest BCUT2D eigenvalue weighted by Gasteiger charge is 2.40. The number of nitrogens with one attached hydrogen (secondary N) is 1. The van der Waals surface area contributed by atoms with E-state index in [1.807, 2.05) is 0 Å². The van der Waals surface area contributed by atoms with Crippen molar-refractivity contribution in [2.45, 2.75) is 45.1 Å². The Morgan fingerprint density at radius 3 is 2.59 bits per heavy atom. The number of aromatic nitrogens is 1. The maximum absolute atomic E-state index is 11.5. The zero-order valence-electron chi connectivity index (χ0n) is 16.5. The van der Waals surface area contributed by atoms with Crippen LogP contribution < -0.4 is 9.77 Å². The fraction of sp³-hybridized carbons (Fsp3) is 0.375. The van der Waals surface area contributed by atoms with E-state index >= 15 is 0 Å². The fourth-order valence-electron chi connectivity index (χ4n) is 5.21. The topological polar surface area (TPSA) is 56.3 Å². The van der Waals surface area contributed by atoms with Crippen LogP contribution in [0.15, 0.2) is 53.3 Å². The van der Waals surface area contributed by atoms with Gasteiger partial charge in [0.05, 0.1) is 4.88 Å². The van der Waals surface area contributed by atoms with Crippen LogP contribution in [0.1, 0.15) is 47.3 Å². The summed E-state index contributed by atoms with van der Waals surface area (Å²) in [4.78, 5) is 17.1. The Morgan fingerprint density at radius 1 is 1.07 bits per heavy atom. The molecule has 29 heavy (non-hydrogen) atoms. The molecule has 2 aromatic carbocycles. The molecule has 4 nitrogen and oxygen atoms in total. The van der Waals surface area contributed by atoms with Gasteiger partial charge in [-0.3, -0.25) is 9.78 Å². The summed E-state index contributed by atoms with van der Waals surface area (Å²) in [7, 11) is 0. The van der Waals surface area contributed by atoms with Gasteiger partial charge < -0.3 is 10.0 Å². The molecule has 2 N–H and O–H groups in total. The van der Waals surface area contributed by atoms with E-state index in [1.165, 1.54) is 42.5 Å². The third kappa shape index (κ3) is 3.71. The SMILES string of the molecule is O=c1[nH]c(O)c(Cc2ccc3c(c2)CC2(CCCC2)CN3Cc2ccccc2)s1. The monoisotopic (exact) mass is 406 g/mol. The Balaban J connectivity index is 1.48. The van der Waals surface area contributed by atoms with E-state index in [-0.39, 0.29) is 10.8 Å². The second-order valence-corrected chi connectivity index (χ2v) is 9.72. The van der Waals surface area contributed by atoms with Crippen LogP contribution in [0, 0.1) is 5.41 Å². The first-order valence-electron chi connectivity index (χ1n) is 10.4. The first kappa shape index (κ1) is 18.5. The molecule has 3 aromatic rings. The predicted molar refractivity (Wildman–Crippen MR) is 118 cm³/mol. The summed E-state index contributed by atoms with van der Waals surface area (Å²) in [5, 5.41) is 9.95. The van der Waals surface area contributed by atoms with Crippen molar-refractivity contribution in [2.75, 3.05) is 11.4 Å². The maximum atomic E-state index is 11.5. The van der Waals surface area contributed by atoms with Gasteiger partial charge in [-0.05, 0) is 47.4 Å². The molecule has 0 bridgehead atoms. The number of hydrogen-bond acceptors (Lipinski definition) is 4. The van der Waals surface area contributed by atoms with E-state index in [0.29, 0.717) is 16.7 Å². The summed E-state index contributed by atoms with van der Waals surface area (Å²) in [6, 6.07) is 17.4. The van der Waals surface area contributed by atoms with Crippen molar-refractivity contribution in [1.29, 1.82) is 0 Å². The average molecular weight is 407 g/mol. The first-order chi connectivity index (χ1) is 14.1. The Hall–Kier alpha value is -2.53. The van der Waals surface area contributed by atoms with E-state index in [1.54, 1.807) is 0 Å². The van der Waals surface area contributed by atoms with Gasteiger partial charge in [-0.15, -0.1) is 0 Å². The molecule has 150 valence electrons. The van der Waals surface area contributed by atoms with Crippen molar-refractivity contribution in [2.24, 2.45) is 5.41 Å². The molecule has 1 saturated carbocycles. The van der Waals surface area contributed by atoms with E-state index in [2.05, 4.69) is 58.4 Å². The summed E-state index contributed by atoms with van der Waals surface area (Å²) in [5.41, 5.74) is 5.64. The summed E-state index contributed by atoms with van der Waals surface area (Å²) < 4.78 is 0. The molecule has 5 rings (SSSR count). The number of fused-ring (bicyclic) bond motifs is 1. The van der Waals surface area contributed by atoms with Gasteiger partial charge in [0.2, 0.25) is 5.88 Å². The fourth-order valence-corrected chi connectivity index (χ4v) is 5.97. The van der Waals surface area contributed by atoms with Crippen molar-refractivity contribution >= 4 is 17.0 Å². The lowest BCUT2D eigenvalue weighted by Gasteiger charge is -2.43. The lowest BCUT2D eigenvalue weighted by atomic mass is 9.75. The number of hydrogen-bond donors (Lipinski definition) is 2. The van der Waals surface area contributed by atoms with E-state index in [4.69, 9.17) is 0 Å². The van der Waals surface area contributed by atoms with Crippen molar-refractivity contribution < 1.29 is 5.11 Å². The Kier molecular flexibility index (Phi) is 4.70. The number of rotatable bonds is 4. The van der Waals surface area contributed by atoms with Crippen LogP contribution in [0.2, 0.25) is 0 Å². The molecular weight excluding hydrogens is 380 g/mol. The lowest BCUT2D eigenvalue weighted by Crippen LogP contribution is -2.42. The number of aromatic amines is 1. The molecule has 0 saturated heterocycles. The van der Waals surface area contributed by atoms with E-state index in [0.717, 1.165) is 36.4 Å². The van der Waals surface area contributed by atoms with Crippen LogP contribution in [0.4, 0.5) is 5.69 Å². The molecular formula is C24H26N2O2S. The molecule has 1 aromatic heterocycles. The Labute approximate surface area is 174 Å². The van der Waals surface area contributed by atoms with Crippen molar-refractivity contribution in [3.05, 3.63) is 79.8 Å². The molecule has 0 unspecified atom stereocenters. The quantitative estimate of drug-likeness (QED) is 0.651. The average Bonchev–Trinajstić information content (AvgIpc) is 3.28. The van der Waals surface area contributed by atoms with Gasteiger partial charge in [-0.1, -0.05) is 66.6 Å². The van der Waals surface area contributed by atoms with Gasteiger partial charge in [-0.25, -0.2) is 0 Å². The van der Waals surface area contributed by atoms with Crippen molar-refractivity contribution in [1.82, 2.24) is 4.98 Å². The molecule has 1 aliphatic heterocycles. The van der Waals surface area contributed by atoms with Crippen LogP contribution in [0.5, 0.6) is 5.88 Å². The Morgan fingerprint density at radius 2 is 1.86 bits per heavy atom. The highest BCUT2D eigenvalue weighted by atomic mass is 32.1. The highest BCUT2D eigenvalue weighted by molar-refractivity contribution is 7.09. The highest BCUT2D eigenvalue weighted by Crippen LogP contribution is 2.47. The van der Waals surface area contributed by atoms with Crippen molar-refractivity contribution in [3.63, 3.8) is 0 Å². The molecule has 2 heterocycles. The minimum absolute atomic E-state index is 0.00990. The molecule has 5 heteroatoms. The van der Waals surface area contributed by atoms with Gasteiger partial charge in [-0.2, -0.15) is 0 Å². The third-order valence-corrected chi connectivity index (χ3v) is 7.39. The van der Waals surface area contributed by atoms with Crippen LogP contribution >= 0.6 is 11.3 Å². The Bertz CT molecular complexity index is 1060. The molecule has 0 amide bonds. The first-order valence-corrected chi connectivity index (χ1v) is 11.2. The van der Waals surface area contributed by atoms with E-state index in [9.17, 15) is 9.90 Å². The number of thiazole rings is 1. The van der Waals surface area contributed by atoms with E-state index < -0.39 is 0 Å². The summed E-state index contributed by atoms with van der Waals surface area (Å²) in [5.74, 6) is 0.00990. The number of nitrogens with zero attached hydrogens (tertiary/aromatic N) is 1. The van der Waals surface area contributed by atoms with Crippen LogP contribution in [0.25, 0.3) is 0 Å². The summed E-state index contributed by atoms with van der Waals surface area (Å²) in [6.07, 6.45) is 7.01. The lowest BCUT2D eigenvalue weighted by molar-refractivity contribution is 0.284. The number of H-pyrrole nitrogens is 1. The summed E-state index contributed by atoms with van der Waals surface area (Å²) in [6.45, 7) is 2.07. The molecule has 1 aliphatic carbocycles. The second kappa shape index (κ2) is 7.38. The third-order valence-electron chi connectivity index (χ3n) is 6.52. The smallest absolute Gasteiger partial charge is 0.307 e. The summed E-state index contributed by atoms with van der Waals surface area (Å²) >= 11 is 1.10. The minimum Gasteiger partial charge on any atom is -0.494 e. The molecule has 1 fully saturated rings. The number of anilines is 1. The van der Waals surface area contributed by atoms with Crippen LogP contribution in [-0.2, 0) is 19.4 Å². The number of aromatic hydroxyl groups is 1. The molecule has 1 spiro atoms. The minimum atomic E-state index is -0.200. The predicted octanol–water partition coefficient (Wildman–Crippen LogP) is 4.86. The molecule has 0 atom stereocenters. The molecule has 2 aliphatic rings. The van der Waals surface area contributed by atoms with Crippen molar-refractivity contribution in [3.8, 4) is 5.88 Å².